The zero-order valence-electron chi connectivity index (χ0n) is 16.3. The van der Waals surface area contributed by atoms with Crippen LogP contribution < -0.4 is 4.90 Å². The highest BCUT2D eigenvalue weighted by Gasteiger charge is 2.21. The van der Waals surface area contributed by atoms with E-state index in [1.165, 1.54) is 0 Å². The number of hydrogen-bond donors (Lipinski definition) is 0. The second kappa shape index (κ2) is 10.6. The average Bonchev–Trinajstić information content (AvgIpc) is 3.32. The summed E-state index contributed by atoms with van der Waals surface area (Å²) in [5.41, 5.74) is 1.85. The van der Waals surface area contributed by atoms with Gasteiger partial charge < -0.3 is 4.90 Å². The van der Waals surface area contributed by atoms with Gasteiger partial charge in [0.1, 0.15) is 0 Å². The second-order valence-electron chi connectivity index (χ2n) is 6.34. The van der Waals surface area contributed by atoms with Crippen LogP contribution in [0.5, 0.6) is 0 Å². The lowest BCUT2D eigenvalue weighted by Crippen LogP contribution is -2.39. The summed E-state index contributed by atoms with van der Waals surface area (Å²) >= 11 is 9.42. The van der Waals surface area contributed by atoms with Crippen LogP contribution in [0, 0.1) is 6.92 Å². The van der Waals surface area contributed by atoms with Crippen molar-refractivity contribution in [3.8, 4) is 0 Å². The molecule has 3 rings (SSSR count). The Morgan fingerprint density at radius 3 is 2.57 bits per heavy atom. The van der Waals surface area contributed by atoms with Crippen molar-refractivity contribution in [1.82, 2.24) is 9.88 Å². The molecular formula is C20H25Cl2N3OS2. The first kappa shape index (κ1) is 23.1. The molecule has 0 aliphatic heterocycles. The van der Waals surface area contributed by atoms with E-state index in [2.05, 4.69) is 18.7 Å². The molecule has 0 saturated heterocycles. The first-order valence-electron chi connectivity index (χ1n) is 9.14. The van der Waals surface area contributed by atoms with Gasteiger partial charge in [-0.05, 0) is 49.2 Å². The van der Waals surface area contributed by atoms with Crippen molar-refractivity contribution in [2.24, 2.45) is 0 Å². The number of hydrogen-bond acceptors (Lipinski definition) is 5. The minimum Gasteiger partial charge on any atom is -0.302 e. The predicted octanol–water partition coefficient (Wildman–Crippen LogP) is 5.66. The molecule has 0 aliphatic rings. The van der Waals surface area contributed by atoms with Crippen molar-refractivity contribution in [2.75, 3.05) is 31.1 Å². The molecule has 0 N–H and O–H groups in total. The summed E-state index contributed by atoms with van der Waals surface area (Å²) in [6.45, 7) is 9.67. The summed E-state index contributed by atoms with van der Waals surface area (Å²) in [7, 11) is 0. The van der Waals surface area contributed by atoms with E-state index in [4.69, 9.17) is 16.6 Å². The van der Waals surface area contributed by atoms with Crippen LogP contribution in [0.25, 0.3) is 10.2 Å². The molecule has 2 aromatic heterocycles. The molecule has 0 saturated carbocycles. The van der Waals surface area contributed by atoms with Crippen LogP contribution in [0.3, 0.4) is 0 Å². The van der Waals surface area contributed by atoms with E-state index in [9.17, 15) is 4.79 Å². The Bertz CT molecular complexity index is 908. The van der Waals surface area contributed by atoms with E-state index < -0.39 is 0 Å². The summed E-state index contributed by atoms with van der Waals surface area (Å²) in [6, 6.07) is 7.87. The smallest absolute Gasteiger partial charge is 0.234 e. The van der Waals surface area contributed by atoms with Gasteiger partial charge in [-0.25, -0.2) is 4.98 Å². The van der Waals surface area contributed by atoms with Gasteiger partial charge in [-0.15, -0.1) is 23.7 Å². The fourth-order valence-electron chi connectivity index (χ4n) is 2.97. The molecule has 1 amide bonds. The molecule has 0 radical (unpaired) electrons. The van der Waals surface area contributed by atoms with Crippen LogP contribution in [0.1, 0.15) is 24.3 Å². The number of halogens is 2. The second-order valence-corrected chi connectivity index (χ2v) is 8.79. The molecule has 3 aromatic rings. The first-order valence-corrected chi connectivity index (χ1v) is 11.2. The fraction of sp³-hybridized carbons (Fsp3) is 0.400. The number of rotatable bonds is 8. The van der Waals surface area contributed by atoms with E-state index in [1.54, 1.807) is 22.7 Å². The predicted molar refractivity (Wildman–Crippen MR) is 125 cm³/mol. The van der Waals surface area contributed by atoms with Crippen LogP contribution in [0.2, 0.25) is 5.02 Å². The summed E-state index contributed by atoms with van der Waals surface area (Å²) < 4.78 is 1.06. The molecule has 0 spiro atoms. The van der Waals surface area contributed by atoms with E-state index in [0.717, 1.165) is 45.4 Å². The molecule has 152 valence electrons. The molecule has 2 heterocycles. The minimum absolute atomic E-state index is 0. The van der Waals surface area contributed by atoms with E-state index >= 15 is 0 Å². The minimum atomic E-state index is 0. The first-order chi connectivity index (χ1) is 13.0. The Hall–Kier alpha value is -1.18. The van der Waals surface area contributed by atoms with Crippen LogP contribution in [0.15, 0.2) is 29.6 Å². The highest BCUT2D eigenvalue weighted by molar-refractivity contribution is 7.22. The summed E-state index contributed by atoms with van der Waals surface area (Å²) in [6.07, 6.45) is 0.408. The number of fused-ring (bicyclic) bond motifs is 1. The lowest BCUT2D eigenvalue weighted by Gasteiger charge is -2.24. The number of aromatic nitrogens is 1. The number of nitrogens with zero attached hydrogens (tertiary/aromatic N) is 3. The topological polar surface area (TPSA) is 36.4 Å². The molecule has 28 heavy (non-hydrogen) atoms. The molecule has 0 aliphatic carbocycles. The highest BCUT2D eigenvalue weighted by Crippen LogP contribution is 2.33. The number of aryl methyl sites for hydroxylation is 1. The number of anilines is 1. The molecule has 0 unspecified atom stereocenters. The van der Waals surface area contributed by atoms with Gasteiger partial charge in [0.2, 0.25) is 5.91 Å². The largest absolute Gasteiger partial charge is 0.302 e. The number of thiophene rings is 1. The molecule has 4 nitrogen and oxygen atoms in total. The van der Waals surface area contributed by atoms with Crippen LogP contribution >= 0.6 is 46.7 Å². The number of likely N-dealkylation sites (N-methyl/N-ethyl adjacent to an activating group) is 1. The molecular weight excluding hydrogens is 433 g/mol. The molecule has 0 bridgehead atoms. The Morgan fingerprint density at radius 2 is 1.93 bits per heavy atom. The number of amides is 1. The van der Waals surface area contributed by atoms with Gasteiger partial charge in [-0.2, -0.15) is 0 Å². The lowest BCUT2D eigenvalue weighted by atomic mass is 10.2. The third kappa shape index (κ3) is 5.24. The van der Waals surface area contributed by atoms with E-state index in [0.29, 0.717) is 18.0 Å². The van der Waals surface area contributed by atoms with Gasteiger partial charge >= 0.3 is 0 Å². The Morgan fingerprint density at radius 1 is 1.18 bits per heavy atom. The molecule has 8 heteroatoms. The van der Waals surface area contributed by atoms with Crippen molar-refractivity contribution in [3.63, 3.8) is 0 Å². The van der Waals surface area contributed by atoms with Crippen molar-refractivity contribution >= 4 is 67.9 Å². The van der Waals surface area contributed by atoms with Gasteiger partial charge in [-0.1, -0.05) is 42.9 Å². The third-order valence-electron chi connectivity index (χ3n) is 4.71. The van der Waals surface area contributed by atoms with E-state index in [1.807, 2.05) is 41.5 Å². The van der Waals surface area contributed by atoms with Crippen LogP contribution in [0.4, 0.5) is 5.13 Å². The van der Waals surface area contributed by atoms with Crippen LogP contribution in [-0.4, -0.2) is 42.0 Å². The number of carbonyl (C=O) groups is 1. The average molecular weight is 458 g/mol. The molecule has 1 aromatic carbocycles. The maximum absolute atomic E-state index is 13.1. The monoisotopic (exact) mass is 457 g/mol. The standard InChI is InChI=1S/C20H24ClN3OS2.ClH/c1-4-23(5-2)10-11-24(18(25)13-15-7-6-12-26-15)20-22-19-14(3)16(21)8-9-17(19)27-20;/h6-9,12H,4-5,10-11,13H2,1-3H3;1H. The summed E-state index contributed by atoms with van der Waals surface area (Å²) in [4.78, 5) is 23.1. The maximum Gasteiger partial charge on any atom is 0.234 e. The Kier molecular flexibility index (Phi) is 8.71. The zero-order chi connectivity index (χ0) is 19.4. The quantitative estimate of drug-likeness (QED) is 0.437. The van der Waals surface area contributed by atoms with Crippen molar-refractivity contribution in [1.29, 1.82) is 0 Å². The normalized spacial score (nSPS) is 11.0. The van der Waals surface area contributed by atoms with Crippen molar-refractivity contribution < 1.29 is 4.79 Å². The molecule has 0 fully saturated rings. The summed E-state index contributed by atoms with van der Waals surface area (Å²) in [5.74, 6) is 0.0902. The summed E-state index contributed by atoms with van der Waals surface area (Å²) in [5, 5.41) is 3.47. The number of thiazole rings is 1. The van der Waals surface area contributed by atoms with Crippen LogP contribution in [-0.2, 0) is 11.2 Å². The Balaban J connectivity index is 0.00000280. The van der Waals surface area contributed by atoms with Gasteiger partial charge in [-0.3, -0.25) is 9.69 Å². The maximum atomic E-state index is 13.1. The number of benzene rings is 1. The lowest BCUT2D eigenvalue weighted by molar-refractivity contribution is -0.118. The Labute approximate surface area is 185 Å². The SMILES string of the molecule is CCN(CC)CCN(C(=O)Cc1cccs1)c1nc2c(C)c(Cl)ccc2s1.Cl. The molecule has 0 atom stereocenters. The van der Waals surface area contributed by atoms with Crippen molar-refractivity contribution in [3.05, 3.63) is 45.1 Å². The zero-order valence-corrected chi connectivity index (χ0v) is 19.5. The van der Waals surface area contributed by atoms with Gasteiger partial charge in [0.05, 0.1) is 16.6 Å². The third-order valence-corrected chi connectivity index (χ3v) is 7.04. The highest BCUT2D eigenvalue weighted by atomic mass is 35.5. The van der Waals surface area contributed by atoms with Crippen molar-refractivity contribution in [2.45, 2.75) is 27.2 Å². The van der Waals surface area contributed by atoms with Gasteiger partial charge in [0.15, 0.2) is 5.13 Å². The number of carbonyl (C=O) groups excluding carboxylic acids is 1. The van der Waals surface area contributed by atoms with E-state index in [-0.39, 0.29) is 18.3 Å². The van der Waals surface area contributed by atoms with Gasteiger partial charge in [0.25, 0.3) is 0 Å². The van der Waals surface area contributed by atoms with Gasteiger partial charge in [0, 0.05) is 23.0 Å². The fourth-order valence-corrected chi connectivity index (χ4v) is 4.89.